The van der Waals surface area contributed by atoms with E-state index in [-0.39, 0.29) is 6.61 Å². The van der Waals surface area contributed by atoms with Gasteiger partial charge in [-0.25, -0.2) is 4.79 Å². The van der Waals surface area contributed by atoms with Crippen molar-refractivity contribution in [3.63, 3.8) is 0 Å². The number of carbonyl (C=O) groups is 2. The lowest BCUT2D eigenvalue weighted by molar-refractivity contribution is -0.119. The zero-order valence-electron chi connectivity index (χ0n) is 14.6. The molecule has 0 saturated carbocycles. The van der Waals surface area contributed by atoms with Gasteiger partial charge in [0.25, 0.3) is 5.91 Å². The number of nitriles is 1. The first-order valence-electron chi connectivity index (χ1n) is 8.67. The van der Waals surface area contributed by atoms with Gasteiger partial charge < -0.3 is 10.1 Å². The quantitative estimate of drug-likeness (QED) is 0.811. The van der Waals surface area contributed by atoms with Gasteiger partial charge in [0.1, 0.15) is 4.88 Å². The van der Waals surface area contributed by atoms with Crippen LogP contribution >= 0.6 is 11.3 Å². The minimum Gasteiger partial charge on any atom is -0.451 e. The van der Waals surface area contributed by atoms with Crippen molar-refractivity contribution in [3.05, 3.63) is 51.2 Å². The van der Waals surface area contributed by atoms with E-state index in [1.54, 1.807) is 24.3 Å². The van der Waals surface area contributed by atoms with Gasteiger partial charge in [0.15, 0.2) is 6.61 Å². The first-order chi connectivity index (χ1) is 12.6. The molecule has 1 aromatic carbocycles. The predicted octanol–water partition coefficient (Wildman–Crippen LogP) is 3.93. The molecule has 3 rings (SSSR count). The molecule has 1 amide bonds. The van der Waals surface area contributed by atoms with E-state index >= 15 is 0 Å². The van der Waals surface area contributed by atoms with E-state index in [9.17, 15) is 9.59 Å². The lowest BCUT2D eigenvalue weighted by atomic mass is 9.87. The number of carbonyl (C=O) groups excluding carboxylic acids is 2. The van der Waals surface area contributed by atoms with Gasteiger partial charge in [-0.2, -0.15) is 5.26 Å². The summed E-state index contributed by atoms with van der Waals surface area (Å²) in [5, 5.41) is 11.5. The van der Waals surface area contributed by atoms with Crippen LogP contribution in [0, 0.1) is 17.2 Å². The van der Waals surface area contributed by atoms with Gasteiger partial charge in [0.05, 0.1) is 11.6 Å². The molecule has 1 aromatic heterocycles. The molecule has 1 aliphatic carbocycles. The number of anilines is 1. The summed E-state index contributed by atoms with van der Waals surface area (Å²) >= 11 is 1.47. The van der Waals surface area contributed by atoms with Crippen molar-refractivity contribution in [3.8, 4) is 6.07 Å². The number of nitrogens with one attached hydrogen (secondary N) is 1. The Labute approximate surface area is 156 Å². The molecule has 1 N–H and O–H groups in total. The summed E-state index contributed by atoms with van der Waals surface area (Å²) in [7, 11) is 0. The summed E-state index contributed by atoms with van der Waals surface area (Å²) in [6, 6.07) is 10.5. The molecular weight excluding hydrogens is 348 g/mol. The third kappa shape index (κ3) is 4.30. The highest BCUT2D eigenvalue weighted by atomic mass is 32.1. The van der Waals surface area contributed by atoms with Crippen molar-refractivity contribution in [1.29, 1.82) is 5.26 Å². The van der Waals surface area contributed by atoms with Gasteiger partial charge in [-0.15, -0.1) is 11.3 Å². The SMILES string of the molecule is CC[C@H]1CCc2sc(C(=O)OCC(=O)Nc3cccc(C#N)c3)cc2C1. The Balaban J connectivity index is 1.55. The van der Waals surface area contributed by atoms with Crippen molar-refractivity contribution in [2.75, 3.05) is 11.9 Å². The molecule has 1 heterocycles. The van der Waals surface area contributed by atoms with Gasteiger partial charge in [0.2, 0.25) is 0 Å². The maximum atomic E-state index is 12.2. The molecule has 6 heteroatoms. The Morgan fingerprint density at radius 3 is 3.00 bits per heavy atom. The van der Waals surface area contributed by atoms with Crippen LogP contribution in [-0.2, 0) is 22.4 Å². The Bertz CT molecular complexity index is 866. The van der Waals surface area contributed by atoms with Crippen LogP contribution in [0.4, 0.5) is 5.69 Å². The molecule has 0 aliphatic heterocycles. The second-order valence-corrected chi connectivity index (χ2v) is 7.53. The standard InChI is InChI=1S/C20H20N2O3S/c1-2-13-6-7-17-15(8-13)10-18(26-17)20(24)25-12-19(23)22-16-5-3-4-14(9-16)11-21/h3-5,9-10,13H,2,6-8,12H2,1H3,(H,22,23)/t13-/m0/s1. The van der Waals surface area contributed by atoms with Crippen LogP contribution in [0.2, 0.25) is 0 Å². The van der Waals surface area contributed by atoms with Crippen LogP contribution in [0.5, 0.6) is 0 Å². The van der Waals surface area contributed by atoms with E-state index in [0.717, 1.165) is 19.3 Å². The summed E-state index contributed by atoms with van der Waals surface area (Å²) < 4.78 is 5.14. The monoisotopic (exact) mass is 368 g/mol. The van der Waals surface area contributed by atoms with Crippen LogP contribution in [0.3, 0.4) is 0 Å². The topological polar surface area (TPSA) is 79.2 Å². The number of nitrogens with zero attached hydrogens (tertiary/aromatic N) is 1. The fourth-order valence-corrected chi connectivity index (χ4v) is 4.22. The van der Waals surface area contributed by atoms with Gasteiger partial charge in [-0.05, 0) is 55.0 Å². The summed E-state index contributed by atoms with van der Waals surface area (Å²) in [6.07, 6.45) is 4.36. The number of rotatable bonds is 5. The number of hydrogen-bond acceptors (Lipinski definition) is 5. The van der Waals surface area contributed by atoms with E-state index in [1.165, 1.54) is 28.2 Å². The summed E-state index contributed by atoms with van der Waals surface area (Å²) in [4.78, 5) is 26.0. The minimum atomic E-state index is -0.460. The molecule has 1 aliphatic rings. The van der Waals surface area contributed by atoms with Crippen molar-refractivity contribution in [1.82, 2.24) is 0 Å². The van der Waals surface area contributed by atoms with Crippen LogP contribution in [-0.4, -0.2) is 18.5 Å². The van der Waals surface area contributed by atoms with Crippen molar-refractivity contribution in [2.24, 2.45) is 5.92 Å². The molecule has 134 valence electrons. The fourth-order valence-electron chi connectivity index (χ4n) is 3.11. The summed E-state index contributed by atoms with van der Waals surface area (Å²) in [5.41, 5.74) is 2.20. The highest BCUT2D eigenvalue weighted by Gasteiger charge is 2.23. The summed E-state index contributed by atoms with van der Waals surface area (Å²) in [5.74, 6) is -0.199. The van der Waals surface area contributed by atoms with E-state index in [4.69, 9.17) is 10.00 Å². The molecule has 0 saturated heterocycles. The van der Waals surface area contributed by atoms with Gasteiger partial charge in [-0.1, -0.05) is 19.4 Å². The van der Waals surface area contributed by atoms with Gasteiger partial charge >= 0.3 is 5.97 Å². The number of esters is 1. The van der Waals surface area contributed by atoms with Crippen LogP contribution in [0.15, 0.2) is 30.3 Å². The van der Waals surface area contributed by atoms with E-state index in [0.29, 0.717) is 22.0 Å². The Kier molecular flexibility index (Phi) is 5.69. The zero-order chi connectivity index (χ0) is 18.5. The van der Waals surface area contributed by atoms with Crippen molar-refractivity contribution in [2.45, 2.75) is 32.6 Å². The van der Waals surface area contributed by atoms with Crippen LogP contribution < -0.4 is 5.32 Å². The highest BCUT2D eigenvalue weighted by molar-refractivity contribution is 7.14. The summed E-state index contributed by atoms with van der Waals surface area (Å²) in [6.45, 7) is 1.85. The number of benzene rings is 1. The Hall–Kier alpha value is -2.65. The largest absolute Gasteiger partial charge is 0.451 e. The number of thiophene rings is 1. The molecular formula is C20H20N2O3S. The maximum Gasteiger partial charge on any atom is 0.348 e. The first kappa shape index (κ1) is 18.2. The zero-order valence-corrected chi connectivity index (χ0v) is 15.4. The molecule has 26 heavy (non-hydrogen) atoms. The molecule has 0 unspecified atom stereocenters. The second kappa shape index (κ2) is 8.15. The second-order valence-electron chi connectivity index (χ2n) is 6.39. The van der Waals surface area contributed by atoms with Crippen molar-refractivity contribution < 1.29 is 14.3 Å². The average Bonchev–Trinajstić information content (AvgIpc) is 3.09. The molecule has 1 atom stereocenters. The van der Waals surface area contributed by atoms with Gasteiger partial charge in [-0.3, -0.25) is 4.79 Å². The molecule has 5 nitrogen and oxygen atoms in total. The molecule has 2 aromatic rings. The molecule has 0 radical (unpaired) electrons. The third-order valence-electron chi connectivity index (χ3n) is 4.57. The lowest BCUT2D eigenvalue weighted by Crippen LogP contribution is -2.20. The first-order valence-corrected chi connectivity index (χ1v) is 9.49. The van der Waals surface area contributed by atoms with Gasteiger partial charge in [0, 0.05) is 10.6 Å². The lowest BCUT2D eigenvalue weighted by Gasteiger charge is -2.19. The smallest absolute Gasteiger partial charge is 0.348 e. The number of ether oxygens (including phenoxy) is 1. The predicted molar refractivity (Wildman–Crippen MR) is 100 cm³/mol. The normalized spacial score (nSPS) is 15.6. The van der Waals surface area contributed by atoms with E-state index in [2.05, 4.69) is 12.2 Å². The number of fused-ring (bicyclic) bond motifs is 1. The van der Waals surface area contributed by atoms with Crippen molar-refractivity contribution >= 4 is 28.9 Å². The average molecular weight is 368 g/mol. The van der Waals surface area contributed by atoms with Crippen LogP contribution in [0.25, 0.3) is 0 Å². The number of hydrogen-bond donors (Lipinski definition) is 1. The third-order valence-corrected chi connectivity index (χ3v) is 5.79. The molecule has 0 fully saturated rings. The number of amides is 1. The fraction of sp³-hybridized carbons (Fsp3) is 0.350. The van der Waals surface area contributed by atoms with E-state index < -0.39 is 11.9 Å². The maximum absolute atomic E-state index is 12.2. The highest BCUT2D eigenvalue weighted by Crippen LogP contribution is 2.33. The molecule has 0 spiro atoms. The minimum absolute atomic E-state index is 0.351. The van der Waals surface area contributed by atoms with E-state index in [1.807, 2.05) is 12.1 Å². The number of aryl methyl sites for hydroxylation is 1. The molecule has 0 bridgehead atoms. The Morgan fingerprint density at radius 1 is 1.38 bits per heavy atom. The van der Waals surface area contributed by atoms with Crippen LogP contribution in [0.1, 0.15) is 45.4 Å². The Morgan fingerprint density at radius 2 is 2.23 bits per heavy atom.